The lowest BCUT2D eigenvalue weighted by Gasteiger charge is -2.24. The zero-order chi connectivity index (χ0) is 15.6. The molecule has 1 N–H and O–H groups in total. The number of rotatable bonds is 4. The Balaban J connectivity index is 2.31. The lowest BCUT2D eigenvalue weighted by atomic mass is 10.0. The molecule has 0 aliphatic heterocycles. The molecule has 2 nitrogen and oxygen atoms in total. The van der Waals surface area contributed by atoms with E-state index in [0.717, 1.165) is 15.7 Å². The van der Waals surface area contributed by atoms with Crippen molar-refractivity contribution in [1.82, 2.24) is 0 Å². The van der Waals surface area contributed by atoms with Crippen LogP contribution in [0.3, 0.4) is 0 Å². The van der Waals surface area contributed by atoms with Crippen LogP contribution >= 0.6 is 15.9 Å². The second-order valence-corrected chi connectivity index (χ2v) is 6.23. The van der Waals surface area contributed by atoms with Crippen LogP contribution < -0.4 is 4.90 Å². The number of aliphatic hydroxyl groups is 1. The minimum absolute atomic E-state index is 0.285. The van der Waals surface area contributed by atoms with Gasteiger partial charge in [0, 0.05) is 29.3 Å². The summed E-state index contributed by atoms with van der Waals surface area (Å²) in [6.07, 6.45) is -0.706. The van der Waals surface area contributed by atoms with Crippen molar-refractivity contribution < 1.29 is 9.50 Å². The van der Waals surface area contributed by atoms with Crippen LogP contribution in [0.2, 0.25) is 0 Å². The van der Waals surface area contributed by atoms with Gasteiger partial charge in [-0.05, 0) is 49.2 Å². The molecule has 1 atom stereocenters. The summed E-state index contributed by atoms with van der Waals surface area (Å²) in [7, 11) is 1.95. The Kier molecular flexibility index (Phi) is 5.01. The van der Waals surface area contributed by atoms with Crippen molar-refractivity contribution >= 4 is 21.6 Å². The molecule has 0 radical (unpaired) electrons. The van der Waals surface area contributed by atoms with Gasteiger partial charge < -0.3 is 10.0 Å². The van der Waals surface area contributed by atoms with Crippen molar-refractivity contribution in [2.75, 3.05) is 11.9 Å². The van der Waals surface area contributed by atoms with Gasteiger partial charge in [-0.15, -0.1) is 0 Å². The molecule has 0 bridgehead atoms. The predicted molar refractivity (Wildman–Crippen MR) is 88.0 cm³/mol. The van der Waals surface area contributed by atoms with Crippen LogP contribution in [0.1, 0.15) is 29.7 Å². The van der Waals surface area contributed by atoms with Crippen molar-refractivity contribution in [2.45, 2.75) is 26.5 Å². The molecule has 4 heteroatoms. The molecule has 0 saturated carbocycles. The van der Waals surface area contributed by atoms with Gasteiger partial charge in [0.25, 0.3) is 0 Å². The third-order valence-corrected chi connectivity index (χ3v) is 4.03. The molecule has 0 aliphatic rings. The smallest absolute Gasteiger partial charge is 0.126 e. The molecule has 0 spiro atoms. The average Bonchev–Trinajstić information content (AvgIpc) is 2.43. The SMILES string of the molecule is Cc1cc(N(C)Cc2ccc(Br)cc2)c(C(C)O)cc1F. The quantitative estimate of drug-likeness (QED) is 0.870. The Morgan fingerprint density at radius 3 is 2.43 bits per heavy atom. The van der Waals surface area contributed by atoms with Crippen LogP contribution in [-0.2, 0) is 6.54 Å². The highest BCUT2D eigenvalue weighted by Crippen LogP contribution is 2.29. The van der Waals surface area contributed by atoms with Gasteiger partial charge in [0.05, 0.1) is 6.10 Å². The Hall–Kier alpha value is -1.39. The number of halogens is 2. The van der Waals surface area contributed by atoms with Gasteiger partial charge in [-0.3, -0.25) is 0 Å². The average molecular weight is 352 g/mol. The van der Waals surface area contributed by atoms with E-state index in [1.165, 1.54) is 6.07 Å². The first-order valence-electron chi connectivity index (χ1n) is 6.82. The van der Waals surface area contributed by atoms with E-state index in [-0.39, 0.29) is 5.82 Å². The predicted octanol–water partition coefficient (Wildman–Crippen LogP) is 4.59. The van der Waals surface area contributed by atoms with Crippen LogP contribution in [0.15, 0.2) is 40.9 Å². The maximum absolute atomic E-state index is 13.7. The minimum Gasteiger partial charge on any atom is -0.389 e. The molecular formula is C17H19BrFNO. The molecule has 0 fully saturated rings. The lowest BCUT2D eigenvalue weighted by Crippen LogP contribution is -2.19. The zero-order valence-electron chi connectivity index (χ0n) is 12.4. The molecule has 0 aromatic heterocycles. The highest BCUT2D eigenvalue weighted by Gasteiger charge is 2.15. The fourth-order valence-electron chi connectivity index (χ4n) is 2.30. The number of hydrogen-bond donors (Lipinski definition) is 1. The molecule has 2 aromatic carbocycles. The molecule has 21 heavy (non-hydrogen) atoms. The van der Waals surface area contributed by atoms with Gasteiger partial charge in [-0.1, -0.05) is 28.1 Å². The van der Waals surface area contributed by atoms with Gasteiger partial charge >= 0.3 is 0 Å². The Labute approximate surface area is 133 Å². The summed E-state index contributed by atoms with van der Waals surface area (Å²) in [6, 6.07) is 11.3. The molecule has 112 valence electrons. The number of hydrogen-bond acceptors (Lipinski definition) is 2. The molecule has 1 unspecified atom stereocenters. The third kappa shape index (κ3) is 3.83. The number of anilines is 1. The molecule has 0 heterocycles. The van der Waals surface area contributed by atoms with Gasteiger partial charge in [-0.25, -0.2) is 4.39 Å². The Bertz CT molecular complexity index is 625. The maximum atomic E-state index is 13.7. The van der Waals surface area contributed by atoms with Crippen molar-refractivity contribution in [3.05, 3.63) is 63.4 Å². The molecule has 2 rings (SSSR count). The van der Waals surface area contributed by atoms with E-state index in [1.807, 2.05) is 36.2 Å². The zero-order valence-corrected chi connectivity index (χ0v) is 14.0. The van der Waals surface area contributed by atoms with Gasteiger partial charge in [0.15, 0.2) is 0 Å². The van der Waals surface area contributed by atoms with Crippen molar-refractivity contribution in [3.8, 4) is 0 Å². The van der Waals surface area contributed by atoms with Crippen molar-refractivity contribution in [1.29, 1.82) is 0 Å². The Morgan fingerprint density at radius 2 is 1.86 bits per heavy atom. The molecule has 2 aromatic rings. The highest BCUT2D eigenvalue weighted by molar-refractivity contribution is 9.10. The van der Waals surface area contributed by atoms with Crippen LogP contribution in [0, 0.1) is 12.7 Å². The van der Waals surface area contributed by atoms with Crippen molar-refractivity contribution in [3.63, 3.8) is 0 Å². The van der Waals surface area contributed by atoms with Gasteiger partial charge in [0.2, 0.25) is 0 Å². The monoisotopic (exact) mass is 351 g/mol. The summed E-state index contributed by atoms with van der Waals surface area (Å²) in [5.41, 5.74) is 3.20. The van der Waals surface area contributed by atoms with E-state index < -0.39 is 6.10 Å². The number of benzene rings is 2. The second-order valence-electron chi connectivity index (χ2n) is 5.32. The number of aliphatic hydroxyl groups excluding tert-OH is 1. The van der Waals surface area contributed by atoms with Crippen LogP contribution in [0.25, 0.3) is 0 Å². The largest absolute Gasteiger partial charge is 0.389 e. The van der Waals surface area contributed by atoms with Crippen LogP contribution in [0.4, 0.5) is 10.1 Å². The first-order valence-corrected chi connectivity index (χ1v) is 7.61. The standard InChI is InChI=1S/C17H19BrFNO/c1-11-8-17(15(12(2)21)9-16(11)19)20(3)10-13-4-6-14(18)7-5-13/h4-9,12,21H,10H2,1-3H3. The number of aryl methyl sites for hydroxylation is 1. The summed E-state index contributed by atoms with van der Waals surface area (Å²) < 4.78 is 14.8. The fraction of sp³-hybridized carbons (Fsp3) is 0.294. The fourth-order valence-corrected chi connectivity index (χ4v) is 2.56. The van der Waals surface area contributed by atoms with Gasteiger partial charge in [0.1, 0.15) is 5.82 Å². The van der Waals surface area contributed by atoms with E-state index in [1.54, 1.807) is 19.9 Å². The van der Waals surface area contributed by atoms with E-state index in [9.17, 15) is 9.50 Å². The lowest BCUT2D eigenvalue weighted by molar-refractivity contribution is 0.199. The summed E-state index contributed by atoms with van der Waals surface area (Å²) in [5.74, 6) is -0.285. The van der Waals surface area contributed by atoms with Crippen LogP contribution in [0.5, 0.6) is 0 Å². The molecule has 0 amide bonds. The summed E-state index contributed by atoms with van der Waals surface area (Å²) in [6.45, 7) is 4.08. The molecule has 0 saturated heterocycles. The van der Waals surface area contributed by atoms with Gasteiger partial charge in [-0.2, -0.15) is 0 Å². The van der Waals surface area contributed by atoms with E-state index in [2.05, 4.69) is 15.9 Å². The second kappa shape index (κ2) is 6.58. The highest BCUT2D eigenvalue weighted by atomic mass is 79.9. The normalized spacial score (nSPS) is 12.3. The molecular weight excluding hydrogens is 333 g/mol. The van der Waals surface area contributed by atoms with E-state index in [4.69, 9.17) is 0 Å². The topological polar surface area (TPSA) is 23.5 Å². The number of nitrogens with zero attached hydrogens (tertiary/aromatic N) is 1. The Morgan fingerprint density at radius 1 is 1.24 bits per heavy atom. The third-order valence-electron chi connectivity index (χ3n) is 3.50. The maximum Gasteiger partial charge on any atom is 0.126 e. The summed E-state index contributed by atoms with van der Waals surface area (Å²) in [5, 5.41) is 9.87. The first kappa shape index (κ1) is 16.0. The van der Waals surface area contributed by atoms with E-state index >= 15 is 0 Å². The summed E-state index contributed by atoms with van der Waals surface area (Å²) >= 11 is 3.42. The summed E-state index contributed by atoms with van der Waals surface area (Å²) in [4.78, 5) is 2.03. The molecule has 0 aliphatic carbocycles. The van der Waals surface area contributed by atoms with Crippen molar-refractivity contribution in [2.24, 2.45) is 0 Å². The first-order chi connectivity index (χ1) is 9.88. The minimum atomic E-state index is -0.706. The van der Waals surface area contributed by atoms with E-state index in [0.29, 0.717) is 17.7 Å². The van der Waals surface area contributed by atoms with Crippen LogP contribution in [-0.4, -0.2) is 12.2 Å².